The van der Waals surface area contributed by atoms with Gasteiger partial charge in [0.15, 0.2) is 5.78 Å². The Labute approximate surface area is 91.6 Å². The molecule has 0 amide bonds. The third-order valence-electron chi connectivity index (χ3n) is 3.28. The van der Waals surface area contributed by atoms with Crippen LogP contribution < -0.4 is 0 Å². The molecule has 0 unspecified atom stereocenters. The molecule has 0 spiro atoms. The lowest BCUT2D eigenvalue weighted by Crippen LogP contribution is -2.13. The van der Waals surface area contributed by atoms with Crippen molar-refractivity contribution in [2.45, 2.75) is 38.5 Å². The van der Waals surface area contributed by atoms with E-state index in [4.69, 9.17) is 0 Å². The van der Waals surface area contributed by atoms with Crippen molar-refractivity contribution in [3.63, 3.8) is 0 Å². The van der Waals surface area contributed by atoms with Gasteiger partial charge in [0.1, 0.15) is 0 Å². The highest BCUT2D eigenvalue weighted by Gasteiger charge is 2.24. The number of hydrogen-bond acceptors (Lipinski definition) is 1. The lowest BCUT2D eigenvalue weighted by atomic mass is 9.92. The van der Waals surface area contributed by atoms with Crippen LogP contribution in [0.5, 0.6) is 0 Å². The van der Waals surface area contributed by atoms with E-state index in [1.54, 1.807) is 0 Å². The molecule has 2 aliphatic rings. The summed E-state index contributed by atoms with van der Waals surface area (Å²) in [5, 5.41) is 0. The van der Waals surface area contributed by atoms with Crippen molar-refractivity contribution < 1.29 is 4.79 Å². The second kappa shape index (κ2) is 5.11. The first-order valence-corrected chi connectivity index (χ1v) is 5.94. The van der Waals surface area contributed by atoms with Crippen LogP contribution in [0.3, 0.4) is 0 Å². The second-order valence-corrected chi connectivity index (χ2v) is 4.39. The fourth-order valence-electron chi connectivity index (χ4n) is 2.39. The molecule has 1 nitrogen and oxygen atoms in total. The van der Waals surface area contributed by atoms with E-state index in [-0.39, 0.29) is 0 Å². The van der Waals surface area contributed by atoms with Crippen molar-refractivity contribution in [3.05, 3.63) is 36.0 Å². The van der Waals surface area contributed by atoms with Crippen LogP contribution >= 0.6 is 0 Å². The first kappa shape index (κ1) is 10.4. The average Bonchev–Trinajstić information content (AvgIpc) is 2.68. The summed E-state index contributed by atoms with van der Waals surface area (Å²) in [6.45, 7) is 0. The van der Waals surface area contributed by atoms with Gasteiger partial charge in [-0.25, -0.2) is 0 Å². The quantitative estimate of drug-likeness (QED) is 0.669. The summed E-state index contributed by atoms with van der Waals surface area (Å²) in [7, 11) is 0. The fraction of sp³-hybridized carbons (Fsp3) is 0.500. The summed E-state index contributed by atoms with van der Waals surface area (Å²) in [6, 6.07) is 0. The summed E-state index contributed by atoms with van der Waals surface area (Å²) >= 11 is 0. The predicted molar refractivity (Wildman–Crippen MR) is 62.6 cm³/mol. The second-order valence-electron chi connectivity index (χ2n) is 4.39. The van der Waals surface area contributed by atoms with E-state index in [0.717, 1.165) is 31.3 Å². The standard InChI is InChI=1S/C14H18O/c15-14(13-10-6-7-11-13)12-8-4-2-1-3-5-9-12/h1-4,8,13H,5-7,9-11H2/b3-1-,4-2-,12-8?. The molecule has 2 rings (SSSR count). The van der Waals surface area contributed by atoms with Gasteiger partial charge in [0, 0.05) is 5.92 Å². The number of carbonyl (C=O) groups excluding carboxylic acids is 1. The van der Waals surface area contributed by atoms with Gasteiger partial charge in [0.05, 0.1) is 0 Å². The molecule has 0 bridgehead atoms. The highest BCUT2D eigenvalue weighted by molar-refractivity contribution is 5.97. The van der Waals surface area contributed by atoms with Gasteiger partial charge in [0.2, 0.25) is 0 Å². The van der Waals surface area contributed by atoms with Crippen LogP contribution in [0.4, 0.5) is 0 Å². The van der Waals surface area contributed by atoms with Crippen LogP contribution in [-0.2, 0) is 4.79 Å². The normalized spacial score (nSPS) is 26.5. The SMILES string of the molecule is O=C(C1=C/C=C\C=C/CC1)C1CCCC1. The van der Waals surface area contributed by atoms with Crippen LogP contribution in [-0.4, -0.2) is 5.78 Å². The van der Waals surface area contributed by atoms with Gasteiger partial charge in [-0.3, -0.25) is 4.79 Å². The van der Waals surface area contributed by atoms with Crippen molar-refractivity contribution >= 4 is 5.78 Å². The molecule has 0 aromatic carbocycles. The molecule has 0 aliphatic heterocycles. The van der Waals surface area contributed by atoms with Crippen LogP contribution in [0.2, 0.25) is 0 Å². The minimum atomic E-state index is 0.327. The van der Waals surface area contributed by atoms with Gasteiger partial charge in [-0.2, -0.15) is 0 Å². The molecule has 0 heterocycles. The largest absolute Gasteiger partial charge is 0.294 e. The first-order chi connectivity index (χ1) is 7.38. The number of carbonyl (C=O) groups is 1. The molecule has 0 aromatic heterocycles. The van der Waals surface area contributed by atoms with Crippen molar-refractivity contribution in [2.24, 2.45) is 5.92 Å². The molecule has 0 radical (unpaired) electrons. The molecule has 15 heavy (non-hydrogen) atoms. The Morgan fingerprint density at radius 1 is 1.13 bits per heavy atom. The number of allylic oxidation sites excluding steroid dienone is 6. The molecule has 0 saturated heterocycles. The van der Waals surface area contributed by atoms with Gasteiger partial charge in [0.25, 0.3) is 0 Å². The highest BCUT2D eigenvalue weighted by atomic mass is 16.1. The van der Waals surface area contributed by atoms with Crippen LogP contribution in [0.1, 0.15) is 38.5 Å². The van der Waals surface area contributed by atoms with Crippen LogP contribution in [0, 0.1) is 5.92 Å². The number of hydrogen-bond donors (Lipinski definition) is 0. The van der Waals surface area contributed by atoms with Gasteiger partial charge >= 0.3 is 0 Å². The summed E-state index contributed by atoms with van der Waals surface area (Å²) in [4.78, 5) is 12.1. The zero-order valence-corrected chi connectivity index (χ0v) is 9.11. The molecule has 0 N–H and O–H groups in total. The third kappa shape index (κ3) is 2.68. The monoisotopic (exact) mass is 202 g/mol. The Hall–Kier alpha value is -1.11. The minimum absolute atomic E-state index is 0.327. The molecule has 1 fully saturated rings. The topological polar surface area (TPSA) is 17.1 Å². The minimum Gasteiger partial charge on any atom is -0.294 e. The molecular weight excluding hydrogens is 184 g/mol. The van der Waals surface area contributed by atoms with Crippen molar-refractivity contribution in [1.82, 2.24) is 0 Å². The smallest absolute Gasteiger partial charge is 0.161 e. The van der Waals surface area contributed by atoms with Gasteiger partial charge in [-0.05, 0) is 31.3 Å². The highest BCUT2D eigenvalue weighted by Crippen LogP contribution is 2.29. The van der Waals surface area contributed by atoms with Crippen molar-refractivity contribution in [3.8, 4) is 0 Å². The fourth-order valence-corrected chi connectivity index (χ4v) is 2.39. The van der Waals surface area contributed by atoms with E-state index in [2.05, 4.69) is 6.08 Å². The lowest BCUT2D eigenvalue weighted by Gasteiger charge is -2.11. The zero-order chi connectivity index (χ0) is 10.5. The number of rotatable bonds is 2. The summed E-state index contributed by atoms with van der Waals surface area (Å²) in [5.41, 5.74) is 1.03. The van der Waals surface area contributed by atoms with Gasteiger partial charge in [-0.1, -0.05) is 43.2 Å². The Morgan fingerprint density at radius 3 is 2.73 bits per heavy atom. The molecule has 0 atom stereocenters. The maximum atomic E-state index is 12.1. The Bertz CT molecular complexity index is 314. The van der Waals surface area contributed by atoms with E-state index < -0.39 is 0 Å². The Morgan fingerprint density at radius 2 is 1.93 bits per heavy atom. The Balaban J connectivity index is 2.05. The molecule has 1 saturated carbocycles. The summed E-state index contributed by atoms with van der Waals surface area (Å²) in [6.07, 6.45) is 16.8. The van der Waals surface area contributed by atoms with Gasteiger partial charge in [-0.15, -0.1) is 0 Å². The van der Waals surface area contributed by atoms with E-state index >= 15 is 0 Å². The summed E-state index contributed by atoms with van der Waals surface area (Å²) < 4.78 is 0. The summed E-state index contributed by atoms with van der Waals surface area (Å²) in [5.74, 6) is 0.737. The zero-order valence-electron chi connectivity index (χ0n) is 9.11. The Kier molecular flexibility index (Phi) is 3.54. The molecular formula is C14H18O. The van der Waals surface area contributed by atoms with Crippen molar-refractivity contribution in [1.29, 1.82) is 0 Å². The van der Waals surface area contributed by atoms with Crippen LogP contribution in [0.15, 0.2) is 36.0 Å². The van der Waals surface area contributed by atoms with Gasteiger partial charge < -0.3 is 0 Å². The van der Waals surface area contributed by atoms with E-state index in [1.165, 1.54) is 12.8 Å². The van der Waals surface area contributed by atoms with E-state index in [9.17, 15) is 4.79 Å². The molecule has 80 valence electrons. The van der Waals surface area contributed by atoms with Crippen molar-refractivity contribution in [2.75, 3.05) is 0 Å². The number of Topliss-reactive ketones (excluding diaryl/α,β-unsaturated/α-hetero) is 1. The molecule has 1 heteroatoms. The van der Waals surface area contributed by atoms with E-state index in [0.29, 0.717) is 11.7 Å². The predicted octanol–water partition coefficient (Wildman–Crippen LogP) is 3.58. The number of ketones is 1. The van der Waals surface area contributed by atoms with Crippen LogP contribution in [0.25, 0.3) is 0 Å². The van der Waals surface area contributed by atoms with E-state index in [1.807, 2.05) is 24.3 Å². The molecule has 2 aliphatic carbocycles. The lowest BCUT2D eigenvalue weighted by molar-refractivity contribution is -0.119. The average molecular weight is 202 g/mol. The maximum Gasteiger partial charge on any atom is 0.161 e. The first-order valence-electron chi connectivity index (χ1n) is 5.94. The third-order valence-corrected chi connectivity index (χ3v) is 3.28. The maximum absolute atomic E-state index is 12.1. The molecule has 0 aromatic rings.